The lowest BCUT2D eigenvalue weighted by Crippen LogP contribution is -2.54. The van der Waals surface area contributed by atoms with Crippen LogP contribution in [0.3, 0.4) is 0 Å². The average Bonchev–Trinajstić information content (AvgIpc) is 3.30. The minimum Gasteiger partial charge on any atom is -0.332 e. The van der Waals surface area contributed by atoms with Gasteiger partial charge in [0.25, 0.3) is 0 Å². The molecule has 0 aliphatic carbocycles. The van der Waals surface area contributed by atoms with Gasteiger partial charge in [0.2, 0.25) is 15.9 Å². The number of carbonyl (C=O) groups excluding carboxylic acids is 1. The van der Waals surface area contributed by atoms with Gasteiger partial charge in [-0.05, 0) is 56.5 Å². The number of aromatic nitrogens is 2. The largest absolute Gasteiger partial charge is 0.332 e. The summed E-state index contributed by atoms with van der Waals surface area (Å²) >= 11 is 1.40. The number of rotatable bonds is 5. The second kappa shape index (κ2) is 8.62. The maximum absolute atomic E-state index is 14.0. The van der Waals surface area contributed by atoms with Gasteiger partial charge in [0, 0.05) is 24.7 Å². The van der Waals surface area contributed by atoms with E-state index in [9.17, 15) is 13.2 Å². The second-order valence-corrected chi connectivity index (χ2v) is 11.4. The van der Waals surface area contributed by atoms with Crippen molar-refractivity contribution in [2.24, 2.45) is 5.92 Å². The Hall–Kier alpha value is -2.62. The zero-order chi connectivity index (χ0) is 23.2. The van der Waals surface area contributed by atoms with E-state index in [-0.39, 0.29) is 28.8 Å². The average molecular weight is 483 g/mol. The van der Waals surface area contributed by atoms with Gasteiger partial charge >= 0.3 is 0 Å². The molecule has 2 aliphatic heterocycles. The van der Waals surface area contributed by atoms with Crippen LogP contribution in [0.1, 0.15) is 37.9 Å². The van der Waals surface area contributed by atoms with Crippen LogP contribution in [0, 0.1) is 5.92 Å². The smallest absolute Gasteiger partial charge is 0.244 e. The van der Waals surface area contributed by atoms with Crippen LogP contribution in [-0.4, -0.2) is 52.1 Å². The number of piperidine rings is 1. The number of pyridine rings is 1. The van der Waals surface area contributed by atoms with Gasteiger partial charge < -0.3 is 4.90 Å². The van der Waals surface area contributed by atoms with Gasteiger partial charge in [0.1, 0.15) is 6.04 Å². The molecule has 2 fully saturated rings. The first kappa shape index (κ1) is 22.2. The minimum atomic E-state index is -3.90. The summed E-state index contributed by atoms with van der Waals surface area (Å²) in [5.41, 5.74) is 3.26. The molecule has 0 spiro atoms. The number of nitrogens with zero attached hydrogens (tertiary/aromatic N) is 4. The highest BCUT2D eigenvalue weighted by Gasteiger charge is 2.50. The fourth-order valence-corrected chi connectivity index (χ4v) is 7.79. The first-order valence-electron chi connectivity index (χ1n) is 11.1. The first-order valence-corrected chi connectivity index (χ1v) is 13.4. The van der Waals surface area contributed by atoms with Crippen LogP contribution >= 0.6 is 11.3 Å². The molecule has 0 radical (unpaired) electrons. The Labute approximate surface area is 197 Å². The van der Waals surface area contributed by atoms with Gasteiger partial charge in [-0.1, -0.05) is 12.1 Å². The van der Waals surface area contributed by atoms with E-state index < -0.39 is 16.1 Å². The summed E-state index contributed by atoms with van der Waals surface area (Å²) in [6.07, 6.45) is 5.53. The summed E-state index contributed by atoms with van der Waals surface area (Å²) in [4.78, 5) is 24.5. The number of benzene rings is 1. The molecule has 1 amide bonds. The lowest BCUT2D eigenvalue weighted by atomic mass is 9.90. The van der Waals surface area contributed by atoms with E-state index in [2.05, 4.69) is 16.5 Å². The first-order chi connectivity index (χ1) is 15.9. The zero-order valence-corrected chi connectivity index (χ0v) is 20.0. The SMILES string of the molecule is C=C[C@H]1CN([C@@H](C)c2ccccn2)C(=O)[C@@H]2CCC[C@H]1N2S(=O)(=O)c1ccc2ncsc2c1. The van der Waals surface area contributed by atoms with E-state index >= 15 is 0 Å². The Morgan fingerprint density at radius 2 is 2.06 bits per heavy atom. The van der Waals surface area contributed by atoms with Crippen molar-refractivity contribution in [3.05, 3.63) is 66.5 Å². The van der Waals surface area contributed by atoms with Crippen LogP contribution in [0.5, 0.6) is 0 Å². The number of hydrogen-bond acceptors (Lipinski definition) is 6. The molecule has 2 saturated heterocycles. The predicted octanol–water partition coefficient (Wildman–Crippen LogP) is 4.01. The van der Waals surface area contributed by atoms with E-state index in [0.717, 1.165) is 22.3 Å². The van der Waals surface area contributed by atoms with Gasteiger partial charge in [-0.3, -0.25) is 9.78 Å². The molecule has 0 saturated carbocycles. The third kappa shape index (κ3) is 3.78. The maximum atomic E-state index is 14.0. The summed E-state index contributed by atoms with van der Waals surface area (Å²) in [5, 5.41) is 0. The molecular formula is C24H26N4O3S2. The monoisotopic (exact) mass is 482 g/mol. The lowest BCUT2D eigenvalue weighted by Gasteiger charge is -2.40. The molecule has 33 heavy (non-hydrogen) atoms. The summed E-state index contributed by atoms with van der Waals surface area (Å²) in [5.74, 6) is -0.336. The third-order valence-electron chi connectivity index (χ3n) is 6.85. The summed E-state index contributed by atoms with van der Waals surface area (Å²) < 4.78 is 30.2. The van der Waals surface area contributed by atoms with E-state index in [1.807, 2.05) is 25.1 Å². The van der Waals surface area contributed by atoms with Crippen LogP contribution in [0.4, 0.5) is 0 Å². The van der Waals surface area contributed by atoms with Crippen molar-refractivity contribution in [1.82, 2.24) is 19.2 Å². The molecule has 0 N–H and O–H groups in total. The van der Waals surface area contributed by atoms with Gasteiger partial charge in [0.05, 0.1) is 32.4 Å². The van der Waals surface area contributed by atoms with Crippen molar-refractivity contribution in [3.63, 3.8) is 0 Å². The highest BCUT2D eigenvalue weighted by atomic mass is 32.2. The molecule has 2 aliphatic rings. The normalized spacial score (nSPS) is 25.1. The highest BCUT2D eigenvalue weighted by molar-refractivity contribution is 7.89. The highest BCUT2D eigenvalue weighted by Crippen LogP contribution is 2.39. The Bertz CT molecular complexity index is 1290. The lowest BCUT2D eigenvalue weighted by molar-refractivity contribution is -0.137. The Morgan fingerprint density at radius 3 is 2.82 bits per heavy atom. The standard InChI is InChI=1S/C24H26N4O3S2/c1-3-17-14-27(16(2)19-7-4-5-12-25-19)24(29)22-9-6-8-21(17)28(22)33(30,31)18-10-11-20-23(13-18)32-15-26-20/h3-5,7,10-13,15-17,21-22H,1,6,8-9,14H2,2H3/t16-,17-,21+,22-/m0/s1. The quantitative estimate of drug-likeness (QED) is 0.513. The van der Waals surface area contributed by atoms with Crippen molar-refractivity contribution in [1.29, 1.82) is 0 Å². The topological polar surface area (TPSA) is 83.5 Å². The van der Waals surface area contributed by atoms with Crippen LogP contribution in [0.15, 0.2) is 65.7 Å². The van der Waals surface area contributed by atoms with Gasteiger partial charge in [-0.2, -0.15) is 4.31 Å². The Morgan fingerprint density at radius 1 is 1.21 bits per heavy atom. The van der Waals surface area contributed by atoms with Crippen molar-refractivity contribution in [2.75, 3.05) is 6.54 Å². The number of thiazole rings is 1. The Kier molecular flexibility index (Phi) is 5.80. The van der Waals surface area contributed by atoms with Crippen molar-refractivity contribution < 1.29 is 13.2 Å². The van der Waals surface area contributed by atoms with Crippen molar-refractivity contribution >= 4 is 37.5 Å². The number of amides is 1. The van der Waals surface area contributed by atoms with Gasteiger partial charge in [-0.15, -0.1) is 17.9 Å². The molecule has 2 aromatic heterocycles. The maximum Gasteiger partial charge on any atom is 0.244 e. The van der Waals surface area contributed by atoms with Gasteiger partial charge in [0.15, 0.2) is 0 Å². The van der Waals surface area contributed by atoms with Crippen LogP contribution < -0.4 is 0 Å². The molecular weight excluding hydrogens is 456 g/mol. The van der Waals surface area contributed by atoms with Crippen LogP contribution in [0.2, 0.25) is 0 Å². The summed E-state index contributed by atoms with van der Waals surface area (Å²) in [6.45, 7) is 6.37. The van der Waals surface area contributed by atoms with Crippen molar-refractivity contribution in [2.45, 2.75) is 49.2 Å². The number of sulfonamides is 1. The summed E-state index contributed by atoms with van der Waals surface area (Å²) in [7, 11) is -3.90. The molecule has 172 valence electrons. The molecule has 0 unspecified atom stereocenters. The van der Waals surface area contributed by atoms with E-state index in [1.165, 1.54) is 15.6 Å². The summed E-state index contributed by atoms with van der Waals surface area (Å²) in [6, 6.07) is 9.33. The van der Waals surface area contributed by atoms with E-state index in [0.29, 0.717) is 19.4 Å². The molecule has 3 aromatic rings. The van der Waals surface area contributed by atoms with Crippen molar-refractivity contribution in [3.8, 4) is 0 Å². The van der Waals surface area contributed by atoms with Gasteiger partial charge in [-0.25, -0.2) is 13.4 Å². The van der Waals surface area contributed by atoms with E-state index in [1.54, 1.807) is 40.9 Å². The number of hydrogen-bond donors (Lipinski definition) is 0. The predicted molar refractivity (Wildman–Crippen MR) is 128 cm³/mol. The third-order valence-corrected chi connectivity index (χ3v) is 9.57. The Balaban J connectivity index is 1.58. The molecule has 4 heterocycles. The minimum absolute atomic E-state index is 0.162. The number of fused-ring (bicyclic) bond motifs is 3. The molecule has 7 nitrogen and oxygen atoms in total. The van der Waals surface area contributed by atoms with Crippen LogP contribution in [0.25, 0.3) is 10.2 Å². The second-order valence-electron chi connectivity index (χ2n) is 8.65. The van der Waals surface area contributed by atoms with E-state index in [4.69, 9.17) is 0 Å². The molecule has 4 atom stereocenters. The fourth-order valence-electron chi connectivity index (χ4n) is 5.10. The zero-order valence-electron chi connectivity index (χ0n) is 18.4. The fraction of sp³-hybridized carbons (Fsp3) is 0.375. The number of carbonyl (C=O) groups is 1. The molecule has 2 bridgehead atoms. The van der Waals surface area contributed by atoms with Crippen LogP contribution in [-0.2, 0) is 14.8 Å². The molecule has 5 rings (SSSR count). The molecule has 1 aromatic carbocycles. The molecule has 9 heteroatoms.